The maximum absolute atomic E-state index is 13.5. The minimum Gasteiger partial charge on any atom is -0.353 e. The van der Waals surface area contributed by atoms with Gasteiger partial charge in [-0.25, -0.2) is 0 Å². The van der Waals surface area contributed by atoms with Crippen LogP contribution in [-0.4, -0.2) is 53.1 Å². The van der Waals surface area contributed by atoms with Gasteiger partial charge in [-0.2, -0.15) is 13.2 Å². The molecule has 2 heterocycles. The summed E-state index contributed by atoms with van der Waals surface area (Å²) in [6, 6.07) is 3.64. The Bertz CT molecular complexity index is 822. The van der Waals surface area contributed by atoms with E-state index in [1.807, 2.05) is 0 Å². The largest absolute Gasteiger partial charge is 0.416 e. The molecule has 1 aromatic carbocycles. The van der Waals surface area contributed by atoms with Crippen molar-refractivity contribution in [2.45, 2.75) is 63.4 Å². The van der Waals surface area contributed by atoms with E-state index in [1.165, 1.54) is 17.0 Å². The first kappa shape index (κ1) is 21.2. The van der Waals surface area contributed by atoms with Crippen molar-refractivity contribution in [2.24, 2.45) is 5.92 Å². The van der Waals surface area contributed by atoms with Crippen LogP contribution in [0.25, 0.3) is 0 Å². The summed E-state index contributed by atoms with van der Waals surface area (Å²) >= 11 is 0. The number of alkyl halides is 3. The Morgan fingerprint density at radius 2 is 1.90 bits per heavy atom. The van der Waals surface area contributed by atoms with E-state index in [0.717, 1.165) is 37.8 Å². The molecule has 0 radical (unpaired) electrons. The van der Waals surface area contributed by atoms with Crippen molar-refractivity contribution in [1.82, 2.24) is 9.80 Å². The summed E-state index contributed by atoms with van der Waals surface area (Å²) in [6.07, 6.45) is 0.318. The van der Waals surface area contributed by atoms with Crippen LogP contribution in [0, 0.1) is 5.92 Å². The minimum atomic E-state index is -4.54. The zero-order chi connectivity index (χ0) is 21.5. The number of likely N-dealkylation sites (tertiary alicyclic amines) is 1. The molecule has 164 valence electrons. The SMILES string of the molecule is C[C@H]1CCC[C@@]2(C1)OC[C@@H](C(=O)N1CCCC1)N2C(=O)c1cccc(C(F)(F)F)c1. The second-order valence-corrected chi connectivity index (χ2v) is 8.76. The highest BCUT2D eigenvalue weighted by Gasteiger charge is 2.54. The summed E-state index contributed by atoms with van der Waals surface area (Å²) in [6.45, 7) is 3.45. The molecule has 0 bridgehead atoms. The van der Waals surface area contributed by atoms with Crippen molar-refractivity contribution in [3.8, 4) is 0 Å². The lowest BCUT2D eigenvalue weighted by Crippen LogP contribution is -2.57. The van der Waals surface area contributed by atoms with Gasteiger partial charge in [0.15, 0.2) is 0 Å². The van der Waals surface area contributed by atoms with Crippen molar-refractivity contribution in [1.29, 1.82) is 0 Å². The second kappa shape index (κ2) is 7.87. The molecule has 0 aromatic heterocycles. The molecular formula is C22H27F3N2O3. The number of halogens is 3. The van der Waals surface area contributed by atoms with Crippen molar-refractivity contribution in [2.75, 3.05) is 19.7 Å². The Morgan fingerprint density at radius 3 is 2.57 bits per heavy atom. The smallest absolute Gasteiger partial charge is 0.353 e. The lowest BCUT2D eigenvalue weighted by atomic mass is 9.83. The standard InChI is InChI=1S/C22H27F3N2O3/c1-15-6-5-9-21(13-15)27(18(14-30-21)20(29)26-10-2-3-11-26)19(28)16-7-4-8-17(12-16)22(23,24)25/h4,7-8,12,15,18H,2-3,5-6,9-11,13-14H2,1H3/t15-,18-,21-/m0/s1. The number of carbonyl (C=O) groups excluding carboxylic acids is 2. The van der Waals surface area contributed by atoms with E-state index in [-0.39, 0.29) is 18.1 Å². The molecule has 3 aliphatic rings. The van der Waals surface area contributed by atoms with Crippen molar-refractivity contribution >= 4 is 11.8 Å². The third-order valence-electron chi connectivity index (χ3n) is 6.55. The van der Waals surface area contributed by atoms with Crippen LogP contribution < -0.4 is 0 Å². The van der Waals surface area contributed by atoms with E-state index >= 15 is 0 Å². The summed E-state index contributed by atoms with van der Waals surface area (Å²) in [5.74, 6) is -0.427. The van der Waals surface area contributed by atoms with Crippen molar-refractivity contribution < 1.29 is 27.5 Å². The van der Waals surface area contributed by atoms with Crippen molar-refractivity contribution in [3.05, 3.63) is 35.4 Å². The summed E-state index contributed by atoms with van der Waals surface area (Å²) < 4.78 is 45.8. The van der Waals surface area contributed by atoms with Gasteiger partial charge in [-0.1, -0.05) is 19.4 Å². The highest BCUT2D eigenvalue weighted by atomic mass is 19.4. The molecule has 5 nitrogen and oxygen atoms in total. The predicted octanol–water partition coefficient (Wildman–Crippen LogP) is 4.08. The van der Waals surface area contributed by atoms with E-state index in [4.69, 9.17) is 4.74 Å². The molecule has 1 aromatic rings. The molecule has 1 spiro atoms. The average Bonchev–Trinajstić information content (AvgIpc) is 3.35. The van der Waals surface area contributed by atoms with E-state index < -0.39 is 29.4 Å². The van der Waals surface area contributed by atoms with Crippen molar-refractivity contribution in [3.63, 3.8) is 0 Å². The number of nitrogens with zero attached hydrogens (tertiary/aromatic N) is 2. The van der Waals surface area contributed by atoms with Crippen LogP contribution in [-0.2, 0) is 15.7 Å². The Kier molecular flexibility index (Phi) is 5.55. The second-order valence-electron chi connectivity index (χ2n) is 8.76. The number of ether oxygens (including phenoxy) is 1. The Morgan fingerprint density at radius 1 is 1.17 bits per heavy atom. The first-order chi connectivity index (χ1) is 14.2. The Hall–Kier alpha value is -2.09. The number of benzene rings is 1. The van der Waals surface area contributed by atoms with Crippen LogP contribution in [0.5, 0.6) is 0 Å². The van der Waals surface area contributed by atoms with Crippen LogP contribution in [0.15, 0.2) is 24.3 Å². The lowest BCUT2D eigenvalue weighted by molar-refractivity contribution is -0.138. The number of hydrogen-bond acceptors (Lipinski definition) is 3. The minimum absolute atomic E-state index is 0.0628. The van der Waals surface area contributed by atoms with Gasteiger partial charge in [-0.05, 0) is 56.2 Å². The fraction of sp³-hybridized carbons (Fsp3) is 0.636. The Labute approximate surface area is 174 Å². The topological polar surface area (TPSA) is 49.9 Å². The third kappa shape index (κ3) is 3.82. The molecule has 0 unspecified atom stereocenters. The van der Waals surface area contributed by atoms with Gasteiger partial charge < -0.3 is 9.64 Å². The van der Waals surface area contributed by atoms with E-state index in [0.29, 0.717) is 31.8 Å². The summed E-state index contributed by atoms with van der Waals surface area (Å²) in [4.78, 5) is 30.0. The summed E-state index contributed by atoms with van der Waals surface area (Å²) in [7, 11) is 0. The van der Waals surface area contributed by atoms with Gasteiger partial charge in [0, 0.05) is 18.7 Å². The van der Waals surface area contributed by atoms with E-state index in [9.17, 15) is 22.8 Å². The quantitative estimate of drug-likeness (QED) is 0.719. The number of amides is 2. The molecule has 2 saturated heterocycles. The van der Waals surface area contributed by atoms with Gasteiger partial charge in [0.05, 0.1) is 12.2 Å². The van der Waals surface area contributed by atoms with Gasteiger partial charge in [0.25, 0.3) is 5.91 Å². The van der Waals surface area contributed by atoms with Crippen LogP contribution >= 0.6 is 0 Å². The maximum Gasteiger partial charge on any atom is 0.416 e. The van der Waals surface area contributed by atoms with Gasteiger partial charge in [0.1, 0.15) is 11.8 Å². The van der Waals surface area contributed by atoms with Gasteiger partial charge in [-0.15, -0.1) is 0 Å². The van der Waals surface area contributed by atoms with Crippen LogP contribution in [0.4, 0.5) is 13.2 Å². The molecule has 2 amide bonds. The zero-order valence-corrected chi connectivity index (χ0v) is 17.1. The molecule has 3 fully saturated rings. The first-order valence-electron chi connectivity index (χ1n) is 10.6. The first-order valence-corrected chi connectivity index (χ1v) is 10.6. The maximum atomic E-state index is 13.5. The zero-order valence-electron chi connectivity index (χ0n) is 17.1. The van der Waals surface area contributed by atoms with E-state index in [2.05, 4.69) is 6.92 Å². The number of hydrogen-bond donors (Lipinski definition) is 0. The van der Waals surface area contributed by atoms with Gasteiger partial charge in [-0.3, -0.25) is 14.5 Å². The highest BCUT2D eigenvalue weighted by Crippen LogP contribution is 2.44. The number of carbonyl (C=O) groups is 2. The summed E-state index contributed by atoms with van der Waals surface area (Å²) in [5, 5.41) is 0. The third-order valence-corrected chi connectivity index (χ3v) is 6.55. The van der Waals surface area contributed by atoms with Gasteiger partial charge in [0.2, 0.25) is 5.91 Å². The lowest BCUT2D eigenvalue weighted by Gasteiger charge is -2.43. The van der Waals surface area contributed by atoms with Gasteiger partial charge >= 0.3 is 6.18 Å². The highest BCUT2D eigenvalue weighted by molar-refractivity contribution is 5.98. The fourth-order valence-corrected chi connectivity index (χ4v) is 5.11. The predicted molar refractivity (Wildman–Crippen MR) is 104 cm³/mol. The summed E-state index contributed by atoms with van der Waals surface area (Å²) in [5.41, 5.74) is -1.86. The number of rotatable bonds is 2. The Balaban J connectivity index is 1.70. The molecule has 8 heteroatoms. The average molecular weight is 424 g/mol. The molecule has 1 aliphatic carbocycles. The molecule has 30 heavy (non-hydrogen) atoms. The molecule has 4 rings (SSSR count). The van der Waals surface area contributed by atoms with Crippen LogP contribution in [0.2, 0.25) is 0 Å². The fourth-order valence-electron chi connectivity index (χ4n) is 5.11. The molecular weight excluding hydrogens is 397 g/mol. The molecule has 1 saturated carbocycles. The molecule has 3 atom stereocenters. The monoisotopic (exact) mass is 424 g/mol. The van der Waals surface area contributed by atoms with E-state index in [1.54, 1.807) is 4.90 Å². The normalized spacial score (nSPS) is 29.6. The molecule has 0 N–H and O–H groups in total. The van der Waals surface area contributed by atoms with Crippen LogP contribution in [0.3, 0.4) is 0 Å². The van der Waals surface area contributed by atoms with Crippen LogP contribution in [0.1, 0.15) is 61.4 Å². The molecule has 2 aliphatic heterocycles.